The lowest BCUT2D eigenvalue weighted by molar-refractivity contribution is 0.329. The Morgan fingerprint density at radius 1 is 1.30 bits per heavy atom. The van der Waals surface area contributed by atoms with E-state index in [2.05, 4.69) is 9.97 Å². The minimum absolute atomic E-state index is 0.0841. The molecule has 2 aromatic heterocycles. The zero-order valence-corrected chi connectivity index (χ0v) is 12.3. The zero-order valence-electron chi connectivity index (χ0n) is 11.5. The van der Waals surface area contributed by atoms with Crippen LogP contribution in [0.2, 0.25) is 0 Å². The number of pyridine rings is 1. The molecule has 4 nitrogen and oxygen atoms in total. The minimum Gasteiger partial charge on any atom is -0.289 e. The van der Waals surface area contributed by atoms with Crippen LogP contribution >= 0.6 is 11.8 Å². The topological polar surface area (TPSA) is 47.8 Å². The quantitative estimate of drug-likeness (QED) is 0.629. The third-order valence-corrected chi connectivity index (χ3v) is 5.42. The smallest absolute Gasteiger partial charge is 0.252 e. The van der Waals surface area contributed by atoms with Crippen molar-refractivity contribution in [1.29, 1.82) is 0 Å². The molecule has 0 spiro atoms. The summed E-state index contributed by atoms with van der Waals surface area (Å²) in [5.74, 6) is 1.48. The third-order valence-electron chi connectivity index (χ3n) is 4.86. The Kier molecular flexibility index (Phi) is 2.84. The van der Waals surface area contributed by atoms with Crippen LogP contribution < -0.4 is 5.56 Å². The fourth-order valence-corrected chi connectivity index (χ4v) is 4.30. The number of hydrogen-bond acceptors (Lipinski definition) is 4. The first-order valence-electron chi connectivity index (χ1n) is 7.18. The fraction of sp³-hybridized carbons (Fsp3) is 0.533. The lowest BCUT2D eigenvalue weighted by atomic mass is 9.95. The molecule has 2 heterocycles. The van der Waals surface area contributed by atoms with Crippen LogP contribution in [0.4, 0.5) is 0 Å². The van der Waals surface area contributed by atoms with E-state index in [0.29, 0.717) is 12.0 Å². The molecule has 5 heteroatoms. The second kappa shape index (κ2) is 4.58. The number of nitrogens with zero attached hydrogens (tertiary/aromatic N) is 3. The van der Waals surface area contributed by atoms with E-state index in [1.165, 1.54) is 31.0 Å². The summed E-state index contributed by atoms with van der Waals surface area (Å²) in [6.07, 6.45) is 8.82. The van der Waals surface area contributed by atoms with E-state index in [0.717, 1.165) is 28.5 Å². The van der Waals surface area contributed by atoms with E-state index in [4.69, 9.17) is 0 Å². The van der Waals surface area contributed by atoms with E-state index in [1.54, 1.807) is 6.07 Å². The van der Waals surface area contributed by atoms with Crippen LogP contribution in [0.5, 0.6) is 0 Å². The summed E-state index contributed by atoms with van der Waals surface area (Å²) in [6.45, 7) is 0. The van der Waals surface area contributed by atoms with E-state index in [-0.39, 0.29) is 5.56 Å². The van der Waals surface area contributed by atoms with Gasteiger partial charge in [-0.1, -0.05) is 18.2 Å². The largest absolute Gasteiger partial charge is 0.289 e. The highest BCUT2D eigenvalue weighted by atomic mass is 32.2. The Balaban J connectivity index is 1.92. The summed E-state index contributed by atoms with van der Waals surface area (Å²) < 4.78 is 1.94. The molecule has 0 radical (unpaired) electrons. The van der Waals surface area contributed by atoms with Crippen molar-refractivity contribution in [3.8, 4) is 0 Å². The van der Waals surface area contributed by atoms with Crippen molar-refractivity contribution in [2.75, 3.05) is 6.26 Å². The van der Waals surface area contributed by atoms with Crippen LogP contribution in [0, 0.1) is 11.8 Å². The first-order valence-corrected chi connectivity index (χ1v) is 8.41. The Labute approximate surface area is 121 Å². The summed E-state index contributed by atoms with van der Waals surface area (Å²) >= 11 is 1.52. The summed E-state index contributed by atoms with van der Waals surface area (Å²) in [4.78, 5) is 21.3. The van der Waals surface area contributed by atoms with Crippen molar-refractivity contribution in [3.05, 3.63) is 28.7 Å². The van der Waals surface area contributed by atoms with Gasteiger partial charge in [0.15, 0.2) is 5.16 Å². The highest BCUT2D eigenvalue weighted by Gasteiger charge is 2.41. The first kappa shape index (κ1) is 12.4. The summed E-state index contributed by atoms with van der Waals surface area (Å²) in [7, 11) is 0. The maximum Gasteiger partial charge on any atom is 0.252 e. The molecule has 0 N–H and O–H groups in total. The van der Waals surface area contributed by atoms with Gasteiger partial charge in [0.05, 0.1) is 0 Å². The number of aromatic nitrogens is 3. The summed E-state index contributed by atoms with van der Waals surface area (Å²) in [5.41, 5.74) is 0.898. The summed E-state index contributed by atoms with van der Waals surface area (Å²) in [5, 5.41) is 1.70. The molecule has 0 unspecified atom stereocenters. The standard InChI is InChI=1S/C15H17N3OS/c1-20-15-16-8-11-4-5-13(19)18(14(11)17-15)12-7-9-2-3-10(12)6-9/h4-5,8-10,12H,2-3,6-7H2,1H3/t9-,10+,12-/m0/s1. The van der Waals surface area contributed by atoms with Crippen LogP contribution in [-0.2, 0) is 0 Å². The molecular formula is C15H17N3OS. The van der Waals surface area contributed by atoms with Crippen LogP contribution in [0.3, 0.4) is 0 Å². The molecule has 2 bridgehead atoms. The number of hydrogen-bond donors (Lipinski definition) is 0. The van der Waals surface area contributed by atoms with E-state index < -0.39 is 0 Å². The molecule has 0 amide bonds. The van der Waals surface area contributed by atoms with Gasteiger partial charge in [-0.2, -0.15) is 0 Å². The van der Waals surface area contributed by atoms with Gasteiger partial charge in [0.25, 0.3) is 5.56 Å². The number of thioether (sulfide) groups is 1. The van der Waals surface area contributed by atoms with Gasteiger partial charge in [-0.25, -0.2) is 9.97 Å². The molecule has 2 saturated carbocycles. The predicted octanol–water partition coefficient (Wildman–Crippen LogP) is 2.87. The van der Waals surface area contributed by atoms with Crippen LogP contribution in [0.1, 0.15) is 31.7 Å². The average Bonchev–Trinajstić information content (AvgIpc) is 3.09. The molecule has 2 aromatic rings. The Bertz CT molecular complexity index is 727. The highest BCUT2D eigenvalue weighted by Crippen LogP contribution is 2.50. The number of fused-ring (bicyclic) bond motifs is 3. The van der Waals surface area contributed by atoms with Crippen LogP contribution in [0.25, 0.3) is 11.0 Å². The molecular weight excluding hydrogens is 270 g/mol. The normalized spacial score (nSPS) is 28.4. The van der Waals surface area contributed by atoms with E-state index in [1.807, 2.05) is 23.1 Å². The predicted molar refractivity (Wildman–Crippen MR) is 80.1 cm³/mol. The van der Waals surface area contributed by atoms with Gasteiger partial charge in [0.2, 0.25) is 0 Å². The third kappa shape index (κ3) is 1.79. The van der Waals surface area contributed by atoms with Gasteiger partial charge < -0.3 is 0 Å². The Morgan fingerprint density at radius 3 is 2.90 bits per heavy atom. The molecule has 20 heavy (non-hydrogen) atoms. The van der Waals surface area contributed by atoms with E-state index in [9.17, 15) is 4.79 Å². The van der Waals surface area contributed by atoms with Crippen LogP contribution in [-0.4, -0.2) is 20.8 Å². The second-order valence-electron chi connectivity index (χ2n) is 5.92. The van der Waals surface area contributed by atoms with Crippen molar-refractivity contribution in [3.63, 3.8) is 0 Å². The van der Waals surface area contributed by atoms with E-state index >= 15 is 0 Å². The summed E-state index contributed by atoms with van der Waals surface area (Å²) in [6, 6.07) is 3.84. The van der Waals surface area contributed by atoms with Crippen molar-refractivity contribution in [2.24, 2.45) is 11.8 Å². The molecule has 104 valence electrons. The SMILES string of the molecule is CSc1ncc2ccc(=O)n([C@H]3C[C@H]4CC[C@@H]3C4)c2n1. The van der Waals surface area contributed by atoms with Gasteiger partial charge in [0, 0.05) is 23.7 Å². The zero-order chi connectivity index (χ0) is 13.7. The van der Waals surface area contributed by atoms with Gasteiger partial charge >= 0.3 is 0 Å². The average molecular weight is 287 g/mol. The van der Waals surface area contributed by atoms with Gasteiger partial charge in [-0.05, 0) is 43.4 Å². The van der Waals surface area contributed by atoms with Crippen LogP contribution in [0.15, 0.2) is 28.3 Å². The lowest BCUT2D eigenvalue weighted by Crippen LogP contribution is -2.28. The second-order valence-corrected chi connectivity index (χ2v) is 6.69. The number of rotatable bonds is 2. The van der Waals surface area contributed by atoms with Gasteiger partial charge in [0.1, 0.15) is 5.65 Å². The molecule has 4 rings (SSSR count). The maximum atomic E-state index is 12.4. The molecule has 3 atom stereocenters. The van der Waals surface area contributed by atoms with Gasteiger partial charge in [-0.3, -0.25) is 9.36 Å². The monoisotopic (exact) mass is 287 g/mol. The molecule has 0 saturated heterocycles. The molecule has 2 aliphatic rings. The molecule has 2 fully saturated rings. The molecule has 0 aliphatic heterocycles. The molecule has 0 aromatic carbocycles. The van der Waals surface area contributed by atoms with Crippen molar-refractivity contribution < 1.29 is 0 Å². The highest BCUT2D eigenvalue weighted by molar-refractivity contribution is 7.98. The Morgan fingerprint density at radius 2 is 2.20 bits per heavy atom. The first-order chi connectivity index (χ1) is 9.76. The van der Waals surface area contributed by atoms with Gasteiger partial charge in [-0.15, -0.1) is 0 Å². The minimum atomic E-state index is 0.0841. The Hall–Kier alpha value is -1.36. The lowest BCUT2D eigenvalue weighted by Gasteiger charge is -2.25. The fourth-order valence-electron chi connectivity index (χ4n) is 3.97. The molecule has 2 aliphatic carbocycles. The van der Waals surface area contributed by atoms with Crippen molar-refractivity contribution in [2.45, 2.75) is 36.9 Å². The van der Waals surface area contributed by atoms with Crippen molar-refractivity contribution in [1.82, 2.24) is 14.5 Å². The van der Waals surface area contributed by atoms with Crippen molar-refractivity contribution >= 4 is 22.8 Å². The maximum absolute atomic E-state index is 12.4.